The summed E-state index contributed by atoms with van der Waals surface area (Å²) in [5.74, 6) is 1.01. The maximum absolute atomic E-state index is 10.7. The zero-order chi connectivity index (χ0) is 12.1. The first kappa shape index (κ1) is 12.5. The number of aromatic nitrogens is 2. The summed E-state index contributed by atoms with van der Waals surface area (Å²) in [6, 6.07) is 0. The Kier molecular flexibility index (Phi) is 4.28. The molecule has 6 nitrogen and oxygen atoms in total. The van der Waals surface area contributed by atoms with Gasteiger partial charge < -0.3 is 5.32 Å². The Morgan fingerprint density at radius 3 is 2.88 bits per heavy atom. The van der Waals surface area contributed by atoms with Gasteiger partial charge in [-0.2, -0.15) is 0 Å². The number of nitrogens with one attached hydrogen (secondary N) is 1. The van der Waals surface area contributed by atoms with Gasteiger partial charge in [0.25, 0.3) is 0 Å². The van der Waals surface area contributed by atoms with Gasteiger partial charge in [0, 0.05) is 13.6 Å². The normalized spacial score (nSPS) is 10.8. The molecule has 0 bridgehead atoms. The highest BCUT2D eigenvalue weighted by Crippen LogP contribution is 2.21. The molecule has 0 aliphatic rings. The van der Waals surface area contributed by atoms with Crippen LogP contribution in [-0.2, 0) is 7.05 Å². The average molecular weight is 226 g/mol. The van der Waals surface area contributed by atoms with E-state index in [9.17, 15) is 10.1 Å². The van der Waals surface area contributed by atoms with E-state index >= 15 is 0 Å². The van der Waals surface area contributed by atoms with Crippen molar-refractivity contribution in [1.29, 1.82) is 0 Å². The van der Waals surface area contributed by atoms with Crippen molar-refractivity contribution in [2.45, 2.75) is 26.7 Å². The second kappa shape index (κ2) is 5.48. The fourth-order valence-electron chi connectivity index (χ4n) is 1.45. The van der Waals surface area contributed by atoms with Gasteiger partial charge in [0.2, 0.25) is 5.82 Å². The van der Waals surface area contributed by atoms with Crippen LogP contribution in [0.15, 0.2) is 6.20 Å². The molecule has 1 aromatic rings. The van der Waals surface area contributed by atoms with E-state index in [0.717, 1.165) is 19.4 Å². The van der Waals surface area contributed by atoms with Crippen molar-refractivity contribution in [3.05, 3.63) is 16.3 Å². The molecule has 1 N–H and O–H groups in total. The van der Waals surface area contributed by atoms with E-state index in [-0.39, 0.29) is 5.69 Å². The number of rotatable bonds is 6. The number of hydrogen-bond donors (Lipinski definition) is 1. The summed E-state index contributed by atoms with van der Waals surface area (Å²) in [6.45, 7) is 5.03. The minimum Gasteiger partial charge on any atom is -0.363 e. The number of nitrogens with zero attached hydrogens (tertiary/aromatic N) is 3. The van der Waals surface area contributed by atoms with Crippen molar-refractivity contribution < 1.29 is 4.92 Å². The predicted octanol–water partition coefficient (Wildman–Crippen LogP) is 2.18. The molecule has 0 radical (unpaired) electrons. The Bertz CT molecular complexity index is 360. The summed E-state index contributed by atoms with van der Waals surface area (Å²) >= 11 is 0. The van der Waals surface area contributed by atoms with Gasteiger partial charge >= 0.3 is 5.69 Å². The minimum atomic E-state index is -0.419. The molecule has 1 heterocycles. The Morgan fingerprint density at radius 1 is 1.62 bits per heavy atom. The van der Waals surface area contributed by atoms with Gasteiger partial charge in [-0.15, -0.1) is 5.10 Å². The lowest BCUT2D eigenvalue weighted by molar-refractivity contribution is -0.384. The van der Waals surface area contributed by atoms with Gasteiger partial charge in [-0.3, -0.25) is 14.8 Å². The molecule has 0 aromatic carbocycles. The van der Waals surface area contributed by atoms with Crippen LogP contribution in [0.25, 0.3) is 0 Å². The highest BCUT2D eigenvalue weighted by Gasteiger charge is 2.17. The van der Waals surface area contributed by atoms with Gasteiger partial charge in [-0.25, -0.2) is 0 Å². The summed E-state index contributed by atoms with van der Waals surface area (Å²) in [7, 11) is 1.67. The lowest BCUT2D eigenvalue weighted by Crippen LogP contribution is -2.05. The monoisotopic (exact) mass is 226 g/mol. The van der Waals surface area contributed by atoms with Crippen LogP contribution in [0.2, 0.25) is 0 Å². The first-order chi connectivity index (χ1) is 7.50. The van der Waals surface area contributed by atoms with E-state index < -0.39 is 4.92 Å². The summed E-state index contributed by atoms with van der Waals surface area (Å²) in [5.41, 5.74) is 0.0343. The van der Waals surface area contributed by atoms with E-state index in [1.54, 1.807) is 7.05 Å². The summed E-state index contributed by atoms with van der Waals surface area (Å²) in [6.07, 6.45) is 3.50. The molecule has 6 heteroatoms. The highest BCUT2D eigenvalue weighted by molar-refractivity contribution is 5.54. The molecule has 0 atom stereocenters. The van der Waals surface area contributed by atoms with E-state index in [2.05, 4.69) is 24.3 Å². The van der Waals surface area contributed by atoms with E-state index in [1.807, 2.05) is 0 Å². The minimum absolute atomic E-state index is 0.0343. The van der Waals surface area contributed by atoms with Gasteiger partial charge in [0.15, 0.2) is 0 Å². The van der Waals surface area contributed by atoms with Crippen LogP contribution >= 0.6 is 0 Å². The van der Waals surface area contributed by atoms with Crippen LogP contribution in [0.4, 0.5) is 11.5 Å². The fraction of sp³-hybridized carbons (Fsp3) is 0.700. The third-order valence-electron chi connectivity index (χ3n) is 2.26. The number of anilines is 1. The Balaban J connectivity index is 2.50. The maximum atomic E-state index is 10.7. The summed E-state index contributed by atoms with van der Waals surface area (Å²) in [5, 5.41) is 17.7. The van der Waals surface area contributed by atoms with Crippen molar-refractivity contribution in [2.24, 2.45) is 13.0 Å². The standard InChI is InChI=1S/C10H18N4O2/c1-8(2)5-4-6-11-10-9(14(15)16)7-13(3)12-10/h7-8H,4-6H2,1-3H3,(H,11,12). The van der Waals surface area contributed by atoms with Crippen molar-refractivity contribution >= 4 is 11.5 Å². The Morgan fingerprint density at radius 2 is 2.31 bits per heavy atom. The summed E-state index contributed by atoms with van der Waals surface area (Å²) < 4.78 is 1.45. The number of nitro groups is 1. The van der Waals surface area contributed by atoms with Crippen molar-refractivity contribution in [3.63, 3.8) is 0 Å². The predicted molar refractivity (Wildman–Crippen MR) is 62.4 cm³/mol. The number of aryl methyl sites for hydroxylation is 1. The van der Waals surface area contributed by atoms with Gasteiger partial charge in [0.1, 0.15) is 6.20 Å². The first-order valence-corrected chi connectivity index (χ1v) is 5.42. The van der Waals surface area contributed by atoms with Crippen LogP contribution < -0.4 is 5.32 Å². The summed E-state index contributed by atoms with van der Waals surface area (Å²) in [4.78, 5) is 10.3. The average Bonchev–Trinajstić information content (AvgIpc) is 2.54. The lowest BCUT2D eigenvalue weighted by atomic mass is 10.1. The fourth-order valence-corrected chi connectivity index (χ4v) is 1.45. The van der Waals surface area contributed by atoms with Crippen molar-refractivity contribution in [1.82, 2.24) is 9.78 Å². The third kappa shape index (κ3) is 3.52. The van der Waals surface area contributed by atoms with Crippen LogP contribution in [-0.4, -0.2) is 21.2 Å². The van der Waals surface area contributed by atoms with Crippen LogP contribution in [0, 0.1) is 16.0 Å². The molecule has 0 fully saturated rings. The van der Waals surface area contributed by atoms with Crippen molar-refractivity contribution in [3.8, 4) is 0 Å². The Hall–Kier alpha value is -1.59. The topological polar surface area (TPSA) is 73.0 Å². The largest absolute Gasteiger partial charge is 0.363 e. The van der Waals surface area contributed by atoms with Gasteiger partial charge in [0.05, 0.1) is 4.92 Å². The highest BCUT2D eigenvalue weighted by atomic mass is 16.6. The SMILES string of the molecule is CC(C)CCCNc1nn(C)cc1[N+](=O)[O-]. The molecule has 0 saturated carbocycles. The zero-order valence-corrected chi connectivity index (χ0v) is 9.93. The Labute approximate surface area is 94.8 Å². The quantitative estimate of drug-likeness (QED) is 0.458. The van der Waals surface area contributed by atoms with E-state index in [4.69, 9.17) is 0 Å². The smallest absolute Gasteiger partial charge is 0.330 e. The maximum Gasteiger partial charge on any atom is 0.330 e. The molecule has 0 aliphatic carbocycles. The van der Waals surface area contributed by atoms with E-state index in [0.29, 0.717) is 11.7 Å². The second-order valence-electron chi connectivity index (χ2n) is 4.26. The molecular formula is C10H18N4O2. The molecule has 0 saturated heterocycles. The van der Waals surface area contributed by atoms with Crippen molar-refractivity contribution in [2.75, 3.05) is 11.9 Å². The molecule has 0 spiro atoms. The van der Waals surface area contributed by atoms with Crippen LogP contribution in [0.1, 0.15) is 26.7 Å². The number of hydrogen-bond acceptors (Lipinski definition) is 4. The first-order valence-electron chi connectivity index (χ1n) is 5.42. The van der Waals surface area contributed by atoms with Crippen LogP contribution in [0.3, 0.4) is 0 Å². The molecule has 0 aliphatic heterocycles. The third-order valence-corrected chi connectivity index (χ3v) is 2.26. The van der Waals surface area contributed by atoms with Gasteiger partial charge in [-0.05, 0) is 18.8 Å². The molecule has 90 valence electrons. The molecule has 16 heavy (non-hydrogen) atoms. The molecule has 1 aromatic heterocycles. The van der Waals surface area contributed by atoms with Gasteiger partial charge in [-0.1, -0.05) is 13.8 Å². The second-order valence-corrected chi connectivity index (χ2v) is 4.26. The van der Waals surface area contributed by atoms with E-state index in [1.165, 1.54) is 10.9 Å². The molecular weight excluding hydrogens is 208 g/mol. The molecule has 1 rings (SSSR count). The molecule has 0 unspecified atom stereocenters. The molecule has 0 amide bonds. The lowest BCUT2D eigenvalue weighted by Gasteiger charge is -2.04. The zero-order valence-electron chi connectivity index (χ0n) is 9.93. The van der Waals surface area contributed by atoms with Crippen LogP contribution in [0.5, 0.6) is 0 Å².